The highest BCUT2D eigenvalue weighted by atomic mass is 35.5. The summed E-state index contributed by atoms with van der Waals surface area (Å²) in [4.78, 5) is 3.77. The quantitative estimate of drug-likeness (QED) is 0.820. The van der Waals surface area contributed by atoms with Crippen LogP contribution in [-0.2, 0) is 0 Å². The summed E-state index contributed by atoms with van der Waals surface area (Å²) in [7, 11) is 0. The number of halogens is 4. The molecule has 6 heteroatoms. The SMILES string of the molecule is CCCNc1c(Cl)c(Cl)nc(Cl)c1Cl. The fourth-order valence-corrected chi connectivity index (χ4v) is 1.75. The molecular formula is C8H8Cl4N2. The van der Waals surface area contributed by atoms with Crippen LogP contribution in [0.15, 0.2) is 0 Å². The highest BCUT2D eigenvalue weighted by Gasteiger charge is 2.14. The first-order valence-electron chi connectivity index (χ1n) is 4.01. The lowest BCUT2D eigenvalue weighted by Crippen LogP contribution is -2.02. The molecule has 1 heterocycles. The normalized spacial score (nSPS) is 10.4. The summed E-state index contributed by atoms with van der Waals surface area (Å²) in [6, 6.07) is 0. The summed E-state index contributed by atoms with van der Waals surface area (Å²) in [6.07, 6.45) is 0.949. The van der Waals surface area contributed by atoms with Crippen LogP contribution in [0.4, 0.5) is 5.69 Å². The second kappa shape index (κ2) is 5.26. The molecule has 1 N–H and O–H groups in total. The van der Waals surface area contributed by atoms with Crippen LogP contribution in [0.25, 0.3) is 0 Å². The maximum absolute atomic E-state index is 5.91. The van der Waals surface area contributed by atoms with E-state index in [1.54, 1.807) is 0 Å². The zero-order valence-electron chi connectivity index (χ0n) is 7.37. The van der Waals surface area contributed by atoms with Crippen molar-refractivity contribution in [3.63, 3.8) is 0 Å². The summed E-state index contributed by atoms with van der Waals surface area (Å²) in [5.74, 6) is 0. The van der Waals surface area contributed by atoms with Gasteiger partial charge in [0.15, 0.2) is 10.3 Å². The highest BCUT2D eigenvalue weighted by molar-refractivity contribution is 6.48. The molecule has 2 nitrogen and oxygen atoms in total. The number of rotatable bonds is 3. The van der Waals surface area contributed by atoms with Gasteiger partial charge in [-0.2, -0.15) is 0 Å². The molecule has 0 amide bonds. The van der Waals surface area contributed by atoms with Crippen molar-refractivity contribution >= 4 is 52.1 Å². The molecule has 0 saturated carbocycles. The molecule has 1 aromatic heterocycles. The van der Waals surface area contributed by atoms with Gasteiger partial charge in [-0.1, -0.05) is 53.3 Å². The summed E-state index contributed by atoms with van der Waals surface area (Å²) in [5.41, 5.74) is 0.542. The first-order chi connectivity index (χ1) is 6.57. The standard InChI is InChI=1S/C8H8Cl4N2/c1-2-3-13-6-4(9)7(11)14-8(12)5(6)10/h2-3H2,1H3,(H,13,14). The fourth-order valence-electron chi connectivity index (χ4n) is 0.892. The van der Waals surface area contributed by atoms with Gasteiger partial charge in [-0.15, -0.1) is 0 Å². The topological polar surface area (TPSA) is 24.9 Å². The monoisotopic (exact) mass is 272 g/mol. The van der Waals surface area contributed by atoms with Crippen LogP contribution in [0.3, 0.4) is 0 Å². The zero-order valence-corrected chi connectivity index (χ0v) is 10.4. The molecule has 0 bridgehead atoms. The molecule has 0 fully saturated rings. The molecule has 14 heavy (non-hydrogen) atoms. The largest absolute Gasteiger partial charge is 0.382 e. The molecule has 0 aliphatic carbocycles. The van der Waals surface area contributed by atoms with E-state index in [9.17, 15) is 0 Å². The first kappa shape index (κ1) is 12.2. The lowest BCUT2D eigenvalue weighted by molar-refractivity contribution is 0.979. The predicted molar refractivity (Wildman–Crippen MR) is 63.1 cm³/mol. The van der Waals surface area contributed by atoms with E-state index >= 15 is 0 Å². The Morgan fingerprint density at radius 3 is 2.00 bits per heavy atom. The lowest BCUT2D eigenvalue weighted by atomic mass is 10.4. The first-order valence-corrected chi connectivity index (χ1v) is 5.53. The smallest absolute Gasteiger partial charge is 0.151 e. The van der Waals surface area contributed by atoms with Crippen molar-refractivity contribution in [3.05, 3.63) is 20.4 Å². The Bertz CT molecular complexity index is 314. The van der Waals surface area contributed by atoms with Gasteiger partial charge in [0.05, 0.1) is 5.69 Å². The average molecular weight is 274 g/mol. The second-order valence-corrected chi connectivity index (χ2v) is 4.10. The molecule has 0 unspecified atom stereocenters. The van der Waals surface area contributed by atoms with Gasteiger partial charge < -0.3 is 5.32 Å². The van der Waals surface area contributed by atoms with Gasteiger partial charge in [-0.25, -0.2) is 4.98 Å². The number of nitrogens with zero attached hydrogens (tertiary/aromatic N) is 1. The van der Waals surface area contributed by atoms with Crippen LogP contribution >= 0.6 is 46.4 Å². The number of anilines is 1. The molecule has 1 aromatic rings. The van der Waals surface area contributed by atoms with Crippen LogP contribution in [0.1, 0.15) is 13.3 Å². The molecule has 0 saturated heterocycles. The minimum Gasteiger partial charge on any atom is -0.382 e. The van der Waals surface area contributed by atoms with Gasteiger partial charge in [-0.05, 0) is 6.42 Å². The number of aromatic nitrogens is 1. The van der Waals surface area contributed by atoms with E-state index in [2.05, 4.69) is 10.3 Å². The van der Waals surface area contributed by atoms with Crippen molar-refractivity contribution in [1.29, 1.82) is 0 Å². The second-order valence-electron chi connectivity index (χ2n) is 2.62. The van der Waals surface area contributed by atoms with E-state index in [1.165, 1.54) is 0 Å². The molecule has 78 valence electrons. The minimum atomic E-state index is 0.152. The molecule has 0 aliphatic rings. The number of nitrogens with one attached hydrogen (secondary N) is 1. The van der Waals surface area contributed by atoms with E-state index in [0.29, 0.717) is 15.7 Å². The van der Waals surface area contributed by atoms with Gasteiger partial charge in [-0.3, -0.25) is 0 Å². The molecule has 0 atom stereocenters. The van der Waals surface area contributed by atoms with Gasteiger partial charge in [0, 0.05) is 6.54 Å². The van der Waals surface area contributed by atoms with E-state index in [-0.39, 0.29) is 10.3 Å². The molecule has 0 aliphatic heterocycles. The molecule has 1 rings (SSSR count). The third kappa shape index (κ3) is 2.57. The third-order valence-electron chi connectivity index (χ3n) is 1.55. The summed E-state index contributed by atoms with van der Waals surface area (Å²) in [6.45, 7) is 2.77. The Hall–Kier alpha value is 0.110. The van der Waals surface area contributed by atoms with Gasteiger partial charge in [0.2, 0.25) is 0 Å². The van der Waals surface area contributed by atoms with Crippen LogP contribution in [-0.4, -0.2) is 11.5 Å². The minimum absolute atomic E-state index is 0.152. The number of pyridine rings is 1. The van der Waals surface area contributed by atoms with Crippen molar-refractivity contribution in [2.24, 2.45) is 0 Å². The van der Waals surface area contributed by atoms with Gasteiger partial charge >= 0.3 is 0 Å². The van der Waals surface area contributed by atoms with Crippen molar-refractivity contribution in [1.82, 2.24) is 4.98 Å². The van der Waals surface area contributed by atoms with Crippen molar-refractivity contribution in [3.8, 4) is 0 Å². The van der Waals surface area contributed by atoms with E-state index in [1.807, 2.05) is 6.92 Å². The number of hydrogen-bond acceptors (Lipinski definition) is 2. The Morgan fingerprint density at radius 2 is 1.57 bits per heavy atom. The molecule has 0 radical (unpaired) electrons. The van der Waals surface area contributed by atoms with E-state index in [4.69, 9.17) is 46.4 Å². The highest BCUT2D eigenvalue weighted by Crippen LogP contribution is 2.38. The average Bonchev–Trinajstić information content (AvgIpc) is 2.15. The zero-order chi connectivity index (χ0) is 10.7. The fraction of sp³-hybridized carbons (Fsp3) is 0.375. The summed E-state index contributed by atoms with van der Waals surface area (Å²) >= 11 is 23.3. The number of hydrogen-bond donors (Lipinski definition) is 1. The summed E-state index contributed by atoms with van der Waals surface area (Å²) < 4.78 is 0. The van der Waals surface area contributed by atoms with E-state index in [0.717, 1.165) is 13.0 Å². The Labute approximate surface area is 103 Å². The van der Waals surface area contributed by atoms with Crippen molar-refractivity contribution in [2.75, 3.05) is 11.9 Å². The molecular weight excluding hydrogens is 266 g/mol. The molecule has 0 aromatic carbocycles. The van der Waals surface area contributed by atoms with Crippen LogP contribution in [0.5, 0.6) is 0 Å². The lowest BCUT2D eigenvalue weighted by Gasteiger charge is -2.10. The van der Waals surface area contributed by atoms with Gasteiger partial charge in [0.25, 0.3) is 0 Å². The Morgan fingerprint density at radius 1 is 1.07 bits per heavy atom. The Balaban J connectivity index is 3.11. The summed E-state index contributed by atoms with van der Waals surface area (Å²) in [5, 5.41) is 3.95. The maximum atomic E-state index is 5.91. The maximum Gasteiger partial charge on any atom is 0.151 e. The predicted octanol–water partition coefficient (Wildman–Crippen LogP) is 4.52. The molecule has 0 spiro atoms. The van der Waals surface area contributed by atoms with Gasteiger partial charge in [0.1, 0.15) is 10.0 Å². The van der Waals surface area contributed by atoms with Crippen LogP contribution in [0.2, 0.25) is 20.4 Å². The third-order valence-corrected chi connectivity index (χ3v) is 3.03. The van der Waals surface area contributed by atoms with Crippen LogP contribution < -0.4 is 5.32 Å². The van der Waals surface area contributed by atoms with E-state index < -0.39 is 0 Å². The van der Waals surface area contributed by atoms with Crippen molar-refractivity contribution in [2.45, 2.75) is 13.3 Å². The Kier molecular flexibility index (Phi) is 4.58. The van der Waals surface area contributed by atoms with Crippen molar-refractivity contribution < 1.29 is 0 Å². The van der Waals surface area contributed by atoms with Crippen LogP contribution in [0, 0.1) is 0 Å².